The van der Waals surface area contributed by atoms with Crippen molar-refractivity contribution in [2.75, 3.05) is 5.32 Å². The minimum atomic E-state index is -0.487. The first-order valence-corrected chi connectivity index (χ1v) is 6.33. The summed E-state index contributed by atoms with van der Waals surface area (Å²) in [5, 5.41) is 22.1. The van der Waals surface area contributed by atoms with E-state index in [1.807, 2.05) is 6.07 Å². The molecule has 0 saturated heterocycles. The molecule has 22 heavy (non-hydrogen) atoms. The standard InChI is InChI=1S/C16H11N3O3/c17-11-13-3-1-2-4-15(13)18-16(20)10-7-12-5-8-14(9-6-12)19(21)22/h1-10H,(H,18,20)/b10-7-. The van der Waals surface area contributed by atoms with Gasteiger partial charge in [0.25, 0.3) is 5.69 Å². The maximum absolute atomic E-state index is 11.8. The average molecular weight is 293 g/mol. The van der Waals surface area contributed by atoms with Gasteiger partial charge < -0.3 is 5.32 Å². The number of carbonyl (C=O) groups excluding carboxylic acids is 1. The highest BCUT2D eigenvalue weighted by Gasteiger charge is 2.04. The number of anilines is 1. The van der Waals surface area contributed by atoms with E-state index >= 15 is 0 Å². The number of nitro groups is 1. The van der Waals surface area contributed by atoms with Gasteiger partial charge in [-0.15, -0.1) is 0 Å². The number of nitriles is 1. The Morgan fingerprint density at radius 1 is 1.18 bits per heavy atom. The molecule has 0 aliphatic heterocycles. The molecule has 0 saturated carbocycles. The van der Waals surface area contributed by atoms with Crippen molar-refractivity contribution in [3.63, 3.8) is 0 Å². The highest BCUT2D eigenvalue weighted by molar-refractivity contribution is 6.02. The lowest BCUT2D eigenvalue weighted by Gasteiger charge is -2.03. The summed E-state index contributed by atoms with van der Waals surface area (Å²) in [5.41, 5.74) is 1.46. The van der Waals surface area contributed by atoms with Crippen molar-refractivity contribution in [3.05, 3.63) is 75.8 Å². The summed E-state index contributed by atoms with van der Waals surface area (Å²) in [6.45, 7) is 0. The van der Waals surface area contributed by atoms with E-state index in [-0.39, 0.29) is 11.6 Å². The van der Waals surface area contributed by atoms with Crippen LogP contribution in [0.4, 0.5) is 11.4 Å². The third-order valence-electron chi connectivity index (χ3n) is 2.84. The SMILES string of the molecule is N#Cc1ccccc1NC(=O)/C=C\c1ccc([N+](=O)[O-])cc1. The summed E-state index contributed by atoms with van der Waals surface area (Å²) in [7, 11) is 0. The van der Waals surface area contributed by atoms with Gasteiger partial charge in [-0.25, -0.2) is 0 Å². The topological polar surface area (TPSA) is 96.0 Å². The molecule has 6 heteroatoms. The Kier molecular flexibility index (Phi) is 4.63. The predicted octanol–water partition coefficient (Wildman–Crippen LogP) is 3.12. The number of rotatable bonds is 4. The number of carbonyl (C=O) groups is 1. The molecule has 2 aromatic rings. The molecule has 0 bridgehead atoms. The van der Waals surface area contributed by atoms with Crippen LogP contribution in [0.1, 0.15) is 11.1 Å². The lowest BCUT2D eigenvalue weighted by molar-refractivity contribution is -0.384. The number of hydrogen-bond acceptors (Lipinski definition) is 4. The second-order valence-electron chi connectivity index (χ2n) is 4.33. The van der Waals surface area contributed by atoms with E-state index in [1.54, 1.807) is 36.4 Å². The van der Waals surface area contributed by atoms with Crippen LogP contribution < -0.4 is 5.32 Å². The molecule has 0 aliphatic carbocycles. The molecule has 6 nitrogen and oxygen atoms in total. The van der Waals surface area contributed by atoms with E-state index in [9.17, 15) is 14.9 Å². The fourth-order valence-corrected chi connectivity index (χ4v) is 1.74. The number of nitrogens with zero attached hydrogens (tertiary/aromatic N) is 2. The van der Waals surface area contributed by atoms with Crippen molar-refractivity contribution in [1.29, 1.82) is 5.26 Å². The Labute approximate surface area is 126 Å². The minimum absolute atomic E-state index is 0.00968. The van der Waals surface area contributed by atoms with E-state index in [0.717, 1.165) is 0 Å². The Morgan fingerprint density at radius 3 is 2.50 bits per heavy atom. The molecule has 0 radical (unpaired) electrons. The molecule has 108 valence electrons. The van der Waals surface area contributed by atoms with Crippen LogP contribution in [0, 0.1) is 21.4 Å². The smallest absolute Gasteiger partial charge is 0.269 e. The lowest BCUT2D eigenvalue weighted by atomic mass is 10.2. The Bertz CT molecular complexity index is 774. The Balaban J connectivity index is 2.05. The molecule has 0 aromatic heterocycles. The summed E-state index contributed by atoms with van der Waals surface area (Å²) in [5.74, 6) is -0.388. The first-order chi connectivity index (χ1) is 10.6. The van der Waals surface area contributed by atoms with Crippen LogP contribution in [-0.4, -0.2) is 10.8 Å². The number of benzene rings is 2. The summed E-state index contributed by atoms with van der Waals surface area (Å²) in [6, 6.07) is 14.5. The average Bonchev–Trinajstić information content (AvgIpc) is 2.54. The summed E-state index contributed by atoms with van der Waals surface area (Å²) in [6.07, 6.45) is 2.84. The molecule has 0 unspecified atom stereocenters. The number of amides is 1. The van der Waals surface area contributed by atoms with Gasteiger partial charge in [0, 0.05) is 18.2 Å². The van der Waals surface area contributed by atoms with Crippen LogP contribution in [0.25, 0.3) is 6.08 Å². The monoisotopic (exact) mass is 293 g/mol. The van der Waals surface area contributed by atoms with Gasteiger partial charge in [0.1, 0.15) is 6.07 Å². The number of para-hydroxylation sites is 1. The highest BCUT2D eigenvalue weighted by atomic mass is 16.6. The zero-order valence-electron chi connectivity index (χ0n) is 11.4. The van der Waals surface area contributed by atoms with Crippen LogP contribution in [0.5, 0.6) is 0 Å². The molecule has 0 atom stereocenters. The highest BCUT2D eigenvalue weighted by Crippen LogP contribution is 2.15. The molecule has 2 rings (SSSR count). The fourth-order valence-electron chi connectivity index (χ4n) is 1.74. The van der Waals surface area contributed by atoms with E-state index < -0.39 is 4.92 Å². The van der Waals surface area contributed by atoms with Crippen molar-refractivity contribution in [2.24, 2.45) is 0 Å². The molecule has 0 aliphatic rings. The molecule has 1 N–H and O–H groups in total. The summed E-state index contributed by atoms with van der Waals surface area (Å²) in [4.78, 5) is 21.9. The molecular weight excluding hydrogens is 282 g/mol. The largest absolute Gasteiger partial charge is 0.321 e. The Hall–Kier alpha value is -3.46. The van der Waals surface area contributed by atoms with Gasteiger partial charge >= 0.3 is 0 Å². The lowest BCUT2D eigenvalue weighted by Crippen LogP contribution is -2.08. The summed E-state index contributed by atoms with van der Waals surface area (Å²) >= 11 is 0. The molecule has 2 aromatic carbocycles. The van der Waals surface area contributed by atoms with Crippen molar-refractivity contribution in [3.8, 4) is 6.07 Å². The van der Waals surface area contributed by atoms with Crippen LogP contribution in [0.2, 0.25) is 0 Å². The van der Waals surface area contributed by atoms with E-state index in [1.165, 1.54) is 24.3 Å². The molecule has 0 spiro atoms. The predicted molar refractivity (Wildman–Crippen MR) is 81.9 cm³/mol. The van der Waals surface area contributed by atoms with Gasteiger partial charge in [-0.3, -0.25) is 14.9 Å². The van der Waals surface area contributed by atoms with E-state index in [0.29, 0.717) is 16.8 Å². The van der Waals surface area contributed by atoms with Crippen molar-refractivity contribution in [2.45, 2.75) is 0 Å². The first kappa shape index (κ1) is 14.9. The van der Waals surface area contributed by atoms with Gasteiger partial charge in [0.15, 0.2) is 0 Å². The normalized spacial score (nSPS) is 10.1. The van der Waals surface area contributed by atoms with Crippen LogP contribution in [0.15, 0.2) is 54.6 Å². The van der Waals surface area contributed by atoms with Gasteiger partial charge in [-0.2, -0.15) is 5.26 Å². The zero-order valence-corrected chi connectivity index (χ0v) is 11.4. The maximum atomic E-state index is 11.8. The van der Waals surface area contributed by atoms with Gasteiger partial charge in [-0.1, -0.05) is 12.1 Å². The zero-order chi connectivity index (χ0) is 15.9. The van der Waals surface area contributed by atoms with Gasteiger partial charge in [0.2, 0.25) is 5.91 Å². The number of nitro benzene ring substituents is 1. The maximum Gasteiger partial charge on any atom is 0.269 e. The molecule has 1 amide bonds. The van der Waals surface area contributed by atoms with Gasteiger partial charge in [-0.05, 0) is 35.9 Å². The fraction of sp³-hybridized carbons (Fsp3) is 0. The number of non-ortho nitro benzene ring substituents is 1. The second-order valence-corrected chi connectivity index (χ2v) is 4.33. The second kappa shape index (κ2) is 6.81. The van der Waals surface area contributed by atoms with E-state index in [4.69, 9.17) is 5.26 Å². The number of nitrogens with one attached hydrogen (secondary N) is 1. The first-order valence-electron chi connectivity index (χ1n) is 6.33. The Morgan fingerprint density at radius 2 is 1.86 bits per heavy atom. The summed E-state index contributed by atoms with van der Waals surface area (Å²) < 4.78 is 0. The van der Waals surface area contributed by atoms with Crippen LogP contribution in [0.3, 0.4) is 0 Å². The van der Waals surface area contributed by atoms with Crippen LogP contribution in [-0.2, 0) is 4.79 Å². The van der Waals surface area contributed by atoms with Crippen molar-refractivity contribution in [1.82, 2.24) is 0 Å². The number of hydrogen-bond donors (Lipinski definition) is 1. The molecule has 0 fully saturated rings. The van der Waals surface area contributed by atoms with Crippen molar-refractivity contribution >= 4 is 23.4 Å². The molecular formula is C16H11N3O3. The quantitative estimate of drug-likeness (QED) is 0.532. The van der Waals surface area contributed by atoms with Crippen LogP contribution >= 0.6 is 0 Å². The molecule has 0 heterocycles. The van der Waals surface area contributed by atoms with Gasteiger partial charge in [0.05, 0.1) is 16.2 Å². The third-order valence-corrected chi connectivity index (χ3v) is 2.84. The van der Waals surface area contributed by atoms with Crippen molar-refractivity contribution < 1.29 is 9.72 Å². The van der Waals surface area contributed by atoms with E-state index in [2.05, 4.69) is 5.32 Å². The third kappa shape index (κ3) is 3.77. The minimum Gasteiger partial charge on any atom is -0.321 e.